The van der Waals surface area contributed by atoms with Crippen molar-refractivity contribution in [2.75, 3.05) is 11.9 Å². The van der Waals surface area contributed by atoms with Crippen molar-refractivity contribution in [1.82, 2.24) is 4.98 Å². The summed E-state index contributed by atoms with van der Waals surface area (Å²) >= 11 is 13.3. The van der Waals surface area contributed by atoms with Crippen LogP contribution >= 0.6 is 34.5 Å². The summed E-state index contributed by atoms with van der Waals surface area (Å²) < 4.78 is 5.89. The minimum Gasteiger partial charge on any atom is -0.452 e. The first-order valence-corrected chi connectivity index (χ1v) is 10.4. The van der Waals surface area contributed by atoms with Crippen molar-refractivity contribution in [2.45, 2.75) is 0 Å². The molecule has 0 radical (unpaired) electrons. The second-order valence-electron chi connectivity index (χ2n) is 6.31. The van der Waals surface area contributed by atoms with Crippen molar-refractivity contribution in [3.05, 3.63) is 81.7 Å². The van der Waals surface area contributed by atoms with Gasteiger partial charge in [-0.2, -0.15) is 0 Å². The summed E-state index contributed by atoms with van der Waals surface area (Å²) in [6, 6.07) is 19.2. The molecule has 30 heavy (non-hydrogen) atoms. The first-order chi connectivity index (χ1) is 14.5. The van der Waals surface area contributed by atoms with Gasteiger partial charge in [0.1, 0.15) is 0 Å². The van der Waals surface area contributed by atoms with Crippen molar-refractivity contribution >= 4 is 63.0 Å². The Morgan fingerprint density at radius 3 is 2.60 bits per heavy atom. The number of nitrogens with one attached hydrogen (secondary N) is 1. The Morgan fingerprint density at radius 2 is 1.83 bits per heavy atom. The van der Waals surface area contributed by atoms with Crippen LogP contribution in [0.4, 0.5) is 5.69 Å². The summed E-state index contributed by atoms with van der Waals surface area (Å²) in [6.07, 6.45) is 0. The minimum atomic E-state index is -0.612. The topological polar surface area (TPSA) is 68.3 Å². The number of pyridine rings is 1. The fraction of sp³-hybridized carbons (Fsp3) is 0.0455. The Kier molecular flexibility index (Phi) is 5.99. The molecule has 0 saturated heterocycles. The zero-order valence-corrected chi connectivity index (χ0v) is 17.7. The van der Waals surface area contributed by atoms with Gasteiger partial charge in [0.05, 0.1) is 26.0 Å². The Hall–Kier alpha value is -2.93. The number of thiophene rings is 1. The summed E-state index contributed by atoms with van der Waals surface area (Å²) in [5, 5.41) is 3.78. The second kappa shape index (κ2) is 8.83. The molecule has 0 atom stereocenters. The van der Waals surface area contributed by atoms with Crippen molar-refractivity contribution in [3.8, 4) is 10.6 Å². The number of anilines is 1. The number of benzene rings is 2. The van der Waals surface area contributed by atoms with Crippen molar-refractivity contribution in [1.29, 1.82) is 0 Å². The fourth-order valence-corrected chi connectivity index (χ4v) is 4.09. The van der Waals surface area contributed by atoms with Crippen LogP contribution < -0.4 is 5.32 Å². The molecule has 0 bridgehead atoms. The van der Waals surface area contributed by atoms with Gasteiger partial charge in [-0.15, -0.1) is 11.3 Å². The van der Waals surface area contributed by atoms with Gasteiger partial charge in [-0.3, -0.25) is 4.79 Å². The number of rotatable bonds is 5. The molecule has 4 rings (SSSR count). The number of aromatic nitrogens is 1. The molecule has 5 nitrogen and oxygen atoms in total. The zero-order chi connectivity index (χ0) is 21.1. The van der Waals surface area contributed by atoms with Crippen LogP contribution in [0.1, 0.15) is 10.4 Å². The third-order valence-electron chi connectivity index (χ3n) is 4.20. The second-order valence-corrected chi connectivity index (χ2v) is 8.46. The average Bonchev–Trinajstić information content (AvgIpc) is 3.17. The van der Waals surface area contributed by atoms with Crippen LogP contribution in [0, 0.1) is 0 Å². The quantitative estimate of drug-likeness (QED) is 0.370. The molecule has 2 heterocycles. The Labute approximate surface area is 186 Å². The number of fused-ring (bicyclic) bond motifs is 1. The molecule has 0 aliphatic carbocycles. The van der Waals surface area contributed by atoms with Crippen molar-refractivity contribution in [3.63, 3.8) is 0 Å². The summed E-state index contributed by atoms with van der Waals surface area (Å²) in [4.78, 5) is 30.4. The molecule has 0 unspecified atom stereocenters. The maximum atomic E-state index is 12.8. The van der Waals surface area contributed by atoms with E-state index in [0.29, 0.717) is 37.2 Å². The van der Waals surface area contributed by atoms with Crippen LogP contribution in [0.5, 0.6) is 0 Å². The first-order valence-electron chi connectivity index (χ1n) is 8.87. The SMILES string of the molecule is O=C(COC(=O)c1cc(-c2ccc(Cl)s2)nc2ccccc12)Nc1cccc(Cl)c1. The highest BCUT2D eigenvalue weighted by Crippen LogP contribution is 2.32. The van der Waals surface area contributed by atoms with Crippen molar-refractivity contribution < 1.29 is 14.3 Å². The average molecular weight is 457 g/mol. The predicted molar refractivity (Wildman–Crippen MR) is 120 cm³/mol. The van der Waals surface area contributed by atoms with Crippen LogP contribution in [-0.4, -0.2) is 23.5 Å². The summed E-state index contributed by atoms with van der Waals surface area (Å²) in [7, 11) is 0. The number of nitrogens with zero attached hydrogens (tertiary/aromatic N) is 1. The minimum absolute atomic E-state index is 0.329. The Bertz CT molecular complexity index is 1260. The van der Waals surface area contributed by atoms with Gasteiger partial charge < -0.3 is 10.1 Å². The zero-order valence-electron chi connectivity index (χ0n) is 15.4. The Balaban J connectivity index is 1.55. The smallest absolute Gasteiger partial charge is 0.339 e. The first kappa shape index (κ1) is 20.3. The lowest BCUT2D eigenvalue weighted by atomic mass is 10.1. The molecule has 2 aromatic heterocycles. The molecule has 0 fully saturated rings. The van der Waals surface area contributed by atoms with E-state index < -0.39 is 18.5 Å². The normalized spacial score (nSPS) is 10.7. The molecule has 1 amide bonds. The van der Waals surface area contributed by atoms with Gasteiger partial charge in [-0.05, 0) is 42.5 Å². The summed E-state index contributed by atoms with van der Waals surface area (Å²) in [5.74, 6) is -1.08. The van der Waals surface area contributed by atoms with Gasteiger partial charge in [-0.25, -0.2) is 9.78 Å². The van der Waals surface area contributed by atoms with Gasteiger partial charge in [0, 0.05) is 16.1 Å². The van der Waals surface area contributed by atoms with E-state index in [1.807, 2.05) is 24.3 Å². The van der Waals surface area contributed by atoms with Gasteiger partial charge in [0.2, 0.25) is 0 Å². The van der Waals surface area contributed by atoms with Crippen LogP contribution in [0.25, 0.3) is 21.5 Å². The molecule has 150 valence electrons. The highest BCUT2D eigenvalue weighted by atomic mass is 35.5. The number of hydrogen-bond acceptors (Lipinski definition) is 5. The number of ether oxygens (including phenoxy) is 1. The molecule has 0 aliphatic rings. The van der Waals surface area contributed by atoms with Gasteiger partial charge in [0.25, 0.3) is 5.91 Å². The van der Waals surface area contributed by atoms with E-state index >= 15 is 0 Å². The highest BCUT2D eigenvalue weighted by molar-refractivity contribution is 7.19. The van der Waals surface area contributed by atoms with Gasteiger partial charge in [-0.1, -0.05) is 47.5 Å². The van der Waals surface area contributed by atoms with Gasteiger partial charge in [0.15, 0.2) is 6.61 Å². The van der Waals surface area contributed by atoms with E-state index in [0.717, 1.165) is 4.88 Å². The van der Waals surface area contributed by atoms with E-state index in [2.05, 4.69) is 10.3 Å². The number of carbonyl (C=O) groups excluding carboxylic acids is 2. The maximum Gasteiger partial charge on any atom is 0.339 e. The van der Waals surface area contributed by atoms with E-state index in [9.17, 15) is 9.59 Å². The lowest BCUT2D eigenvalue weighted by Gasteiger charge is -2.10. The number of esters is 1. The lowest BCUT2D eigenvalue weighted by molar-refractivity contribution is -0.119. The molecule has 2 aromatic carbocycles. The van der Waals surface area contributed by atoms with E-state index in [4.69, 9.17) is 27.9 Å². The third-order valence-corrected chi connectivity index (χ3v) is 5.69. The summed E-state index contributed by atoms with van der Waals surface area (Å²) in [5.41, 5.74) is 2.11. The largest absolute Gasteiger partial charge is 0.452 e. The molecular formula is C22H14Cl2N2O3S. The predicted octanol–water partition coefficient (Wildman–Crippen LogP) is 6.07. The van der Waals surface area contributed by atoms with Crippen LogP contribution in [-0.2, 0) is 9.53 Å². The molecule has 8 heteroatoms. The molecule has 4 aromatic rings. The van der Waals surface area contributed by atoms with E-state index in [-0.39, 0.29) is 0 Å². The molecular weight excluding hydrogens is 443 g/mol. The van der Waals surface area contributed by atoms with Crippen LogP contribution in [0.15, 0.2) is 66.7 Å². The Morgan fingerprint density at radius 1 is 1.00 bits per heavy atom. The molecule has 0 spiro atoms. The highest BCUT2D eigenvalue weighted by Gasteiger charge is 2.17. The van der Waals surface area contributed by atoms with Gasteiger partial charge >= 0.3 is 5.97 Å². The fourth-order valence-electron chi connectivity index (χ4n) is 2.89. The number of hydrogen-bond donors (Lipinski definition) is 1. The summed E-state index contributed by atoms with van der Waals surface area (Å²) in [6.45, 7) is -0.428. The molecule has 0 aliphatic heterocycles. The number of amides is 1. The standard InChI is InChI=1S/C22H14Cl2N2O3S/c23-13-4-3-5-14(10-13)25-21(27)12-29-22(28)16-11-18(19-8-9-20(24)30-19)26-17-7-2-1-6-15(16)17/h1-11H,12H2,(H,25,27). The lowest BCUT2D eigenvalue weighted by Crippen LogP contribution is -2.21. The number of para-hydroxylation sites is 1. The third kappa shape index (κ3) is 4.62. The number of halogens is 2. The van der Waals surface area contributed by atoms with Crippen molar-refractivity contribution in [2.24, 2.45) is 0 Å². The van der Waals surface area contributed by atoms with Crippen LogP contribution in [0.3, 0.4) is 0 Å². The maximum absolute atomic E-state index is 12.8. The molecule has 1 N–H and O–H groups in total. The number of carbonyl (C=O) groups is 2. The van der Waals surface area contributed by atoms with E-state index in [1.54, 1.807) is 42.5 Å². The molecule has 0 saturated carbocycles. The van der Waals surface area contributed by atoms with E-state index in [1.165, 1.54) is 11.3 Å². The monoisotopic (exact) mass is 456 g/mol. The van der Waals surface area contributed by atoms with Crippen LogP contribution in [0.2, 0.25) is 9.36 Å².